The molecule has 5 heteroatoms. The van der Waals surface area contributed by atoms with Crippen LogP contribution in [-0.2, 0) is 10.0 Å². The van der Waals surface area contributed by atoms with Crippen LogP contribution >= 0.6 is 0 Å². The van der Waals surface area contributed by atoms with Crippen LogP contribution in [0.25, 0.3) is 0 Å². The number of sulfonamides is 1. The van der Waals surface area contributed by atoms with E-state index >= 15 is 0 Å². The van der Waals surface area contributed by atoms with E-state index in [1.54, 1.807) is 4.31 Å². The van der Waals surface area contributed by atoms with Crippen molar-refractivity contribution in [2.24, 2.45) is 11.8 Å². The topological polar surface area (TPSA) is 49.4 Å². The molecule has 94 valence electrons. The van der Waals surface area contributed by atoms with E-state index < -0.39 is 10.0 Å². The summed E-state index contributed by atoms with van der Waals surface area (Å²) in [7, 11) is -2.90. The largest absolute Gasteiger partial charge is 0.317 e. The van der Waals surface area contributed by atoms with E-state index in [4.69, 9.17) is 0 Å². The molecule has 0 amide bonds. The van der Waals surface area contributed by atoms with Gasteiger partial charge in [-0.05, 0) is 44.2 Å². The van der Waals surface area contributed by atoms with Gasteiger partial charge in [0.15, 0.2) is 0 Å². The van der Waals surface area contributed by atoms with Crippen LogP contribution in [0.5, 0.6) is 0 Å². The Hall–Kier alpha value is -0.130. The lowest BCUT2D eigenvalue weighted by molar-refractivity contribution is 0.238. The second kappa shape index (κ2) is 5.02. The Morgan fingerprint density at radius 1 is 1.38 bits per heavy atom. The predicted octanol–water partition coefficient (Wildman–Crippen LogP) is 0.658. The molecule has 1 unspecified atom stereocenters. The first-order valence-electron chi connectivity index (χ1n) is 6.28. The number of hydrogen-bond acceptors (Lipinski definition) is 3. The lowest BCUT2D eigenvalue weighted by Crippen LogP contribution is -2.37. The van der Waals surface area contributed by atoms with Gasteiger partial charge in [0.25, 0.3) is 0 Å². The zero-order valence-corrected chi connectivity index (χ0v) is 10.8. The van der Waals surface area contributed by atoms with Crippen LogP contribution in [0.3, 0.4) is 0 Å². The van der Waals surface area contributed by atoms with Gasteiger partial charge in [-0.15, -0.1) is 0 Å². The zero-order chi connectivity index (χ0) is 11.6. The molecular formula is C11H22N2O2S. The van der Waals surface area contributed by atoms with Crippen LogP contribution in [0.1, 0.15) is 26.2 Å². The lowest BCUT2D eigenvalue weighted by atomic mass is 9.86. The van der Waals surface area contributed by atoms with E-state index in [2.05, 4.69) is 12.2 Å². The molecule has 16 heavy (non-hydrogen) atoms. The summed E-state index contributed by atoms with van der Waals surface area (Å²) in [6.07, 6.45) is 3.19. The van der Waals surface area contributed by atoms with Crippen molar-refractivity contribution in [1.29, 1.82) is 0 Å². The molecule has 0 aliphatic carbocycles. The van der Waals surface area contributed by atoms with Gasteiger partial charge in [0, 0.05) is 13.1 Å². The van der Waals surface area contributed by atoms with Crippen LogP contribution in [0.4, 0.5) is 0 Å². The average molecular weight is 246 g/mol. The van der Waals surface area contributed by atoms with Crippen LogP contribution in [-0.4, -0.2) is 44.7 Å². The van der Waals surface area contributed by atoms with E-state index in [1.807, 2.05) is 0 Å². The number of rotatable bonds is 3. The molecule has 0 aromatic rings. The molecule has 0 bridgehead atoms. The molecular weight excluding hydrogens is 224 g/mol. The molecule has 1 atom stereocenters. The summed E-state index contributed by atoms with van der Waals surface area (Å²) in [6, 6.07) is 0. The van der Waals surface area contributed by atoms with Crippen LogP contribution in [0, 0.1) is 11.8 Å². The second-order valence-electron chi connectivity index (χ2n) is 5.09. The number of nitrogens with zero attached hydrogens (tertiary/aromatic N) is 1. The quantitative estimate of drug-likeness (QED) is 0.796. The van der Waals surface area contributed by atoms with Gasteiger partial charge in [-0.2, -0.15) is 0 Å². The van der Waals surface area contributed by atoms with Gasteiger partial charge in [-0.3, -0.25) is 0 Å². The van der Waals surface area contributed by atoms with Crippen molar-refractivity contribution in [2.75, 3.05) is 31.9 Å². The third-order valence-electron chi connectivity index (χ3n) is 3.88. The maximum absolute atomic E-state index is 11.7. The van der Waals surface area contributed by atoms with Crippen LogP contribution in [0.15, 0.2) is 0 Å². The Morgan fingerprint density at radius 2 is 2.06 bits per heavy atom. The molecule has 0 radical (unpaired) electrons. The molecule has 0 saturated carbocycles. The van der Waals surface area contributed by atoms with Crippen molar-refractivity contribution in [3.05, 3.63) is 0 Å². The number of nitrogens with one attached hydrogen (secondary N) is 1. The van der Waals surface area contributed by atoms with Crippen molar-refractivity contribution >= 4 is 10.0 Å². The number of hydrogen-bond donors (Lipinski definition) is 1. The smallest absolute Gasteiger partial charge is 0.214 e. The summed E-state index contributed by atoms with van der Waals surface area (Å²) in [5.74, 6) is 1.54. The minimum Gasteiger partial charge on any atom is -0.317 e. The van der Waals surface area contributed by atoms with Crippen LogP contribution in [0.2, 0.25) is 0 Å². The highest BCUT2D eigenvalue weighted by atomic mass is 32.2. The summed E-state index contributed by atoms with van der Waals surface area (Å²) in [5, 5.41) is 3.35. The Bertz CT molecular complexity index is 323. The molecule has 0 aromatic heterocycles. The highest BCUT2D eigenvalue weighted by Gasteiger charge is 2.31. The molecule has 2 fully saturated rings. The molecule has 2 heterocycles. The summed E-state index contributed by atoms with van der Waals surface area (Å²) in [6.45, 7) is 5.83. The van der Waals surface area contributed by atoms with Gasteiger partial charge in [0.05, 0.1) is 5.75 Å². The van der Waals surface area contributed by atoms with Gasteiger partial charge in [-0.25, -0.2) is 12.7 Å². The van der Waals surface area contributed by atoms with Crippen molar-refractivity contribution in [2.45, 2.75) is 26.2 Å². The van der Waals surface area contributed by atoms with Gasteiger partial charge in [-0.1, -0.05) is 6.92 Å². The van der Waals surface area contributed by atoms with Gasteiger partial charge in [0.1, 0.15) is 0 Å². The van der Waals surface area contributed by atoms with Gasteiger partial charge >= 0.3 is 0 Å². The summed E-state index contributed by atoms with van der Waals surface area (Å²) >= 11 is 0. The summed E-state index contributed by atoms with van der Waals surface area (Å²) in [4.78, 5) is 0. The molecule has 1 N–H and O–H groups in total. The summed E-state index contributed by atoms with van der Waals surface area (Å²) < 4.78 is 25.1. The average Bonchev–Trinajstić information content (AvgIpc) is 2.59. The molecule has 0 aromatic carbocycles. The molecule has 0 spiro atoms. The Labute approximate surface area is 98.4 Å². The molecule has 4 nitrogen and oxygen atoms in total. The van der Waals surface area contributed by atoms with Crippen molar-refractivity contribution in [1.82, 2.24) is 9.62 Å². The lowest BCUT2D eigenvalue weighted by Gasteiger charge is -2.30. The van der Waals surface area contributed by atoms with E-state index in [0.717, 1.165) is 32.6 Å². The van der Waals surface area contributed by atoms with Crippen LogP contribution < -0.4 is 5.32 Å². The van der Waals surface area contributed by atoms with Crippen molar-refractivity contribution < 1.29 is 8.42 Å². The third kappa shape index (κ3) is 2.76. The fourth-order valence-corrected chi connectivity index (χ4v) is 4.40. The van der Waals surface area contributed by atoms with E-state index in [9.17, 15) is 8.42 Å². The van der Waals surface area contributed by atoms with E-state index in [-0.39, 0.29) is 0 Å². The SMILES string of the molecule is CC(CN1CCCS1(=O)=O)C1CCNCC1. The first kappa shape index (κ1) is 12.3. The molecule has 2 aliphatic heterocycles. The highest BCUT2D eigenvalue weighted by molar-refractivity contribution is 7.89. The highest BCUT2D eigenvalue weighted by Crippen LogP contribution is 2.25. The fraction of sp³-hybridized carbons (Fsp3) is 1.00. The van der Waals surface area contributed by atoms with E-state index in [0.29, 0.717) is 17.6 Å². The van der Waals surface area contributed by atoms with Gasteiger partial charge in [0.2, 0.25) is 10.0 Å². The molecule has 2 aliphatic rings. The predicted molar refractivity (Wildman–Crippen MR) is 64.7 cm³/mol. The fourth-order valence-electron chi connectivity index (χ4n) is 2.78. The maximum atomic E-state index is 11.7. The third-order valence-corrected chi connectivity index (χ3v) is 5.81. The maximum Gasteiger partial charge on any atom is 0.214 e. The minimum absolute atomic E-state index is 0.353. The first-order chi connectivity index (χ1) is 7.59. The Balaban J connectivity index is 1.88. The van der Waals surface area contributed by atoms with E-state index in [1.165, 1.54) is 12.8 Å². The zero-order valence-electron chi connectivity index (χ0n) is 9.98. The Kier molecular flexibility index (Phi) is 3.87. The second-order valence-corrected chi connectivity index (χ2v) is 7.18. The monoisotopic (exact) mass is 246 g/mol. The van der Waals surface area contributed by atoms with Crippen molar-refractivity contribution in [3.63, 3.8) is 0 Å². The van der Waals surface area contributed by atoms with Crippen molar-refractivity contribution in [3.8, 4) is 0 Å². The minimum atomic E-state index is -2.90. The normalized spacial score (nSPS) is 29.3. The summed E-state index contributed by atoms with van der Waals surface area (Å²) in [5.41, 5.74) is 0. The number of piperidine rings is 1. The molecule has 2 rings (SSSR count). The standard InChI is InChI=1S/C11H22N2O2S/c1-10(11-3-5-12-6-4-11)9-13-7-2-8-16(13,14)15/h10-12H,2-9H2,1H3. The first-order valence-corrected chi connectivity index (χ1v) is 7.89. The molecule has 2 saturated heterocycles. The Morgan fingerprint density at radius 3 is 2.62 bits per heavy atom. The van der Waals surface area contributed by atoms with Gasteiger partial charge < -0.3 is 5.32 Å².